The number of aryl methyl sites for hydroxylation is 1. The maximum atomic E-state index is 12.3. The average Bonchev–Trinajstić information content (AvgIpc) is 3.20. The van der Waals surface area contributed by atoms with Gasteiger partial charge in [-0.2, -0.15) is 5.10 Å². The fraction of sp³-hybridized carbons (Fsp3) is 0.353. The first kappa shape index (κ1) is 15.7. The highest BCUT2D eigenvalue weighted by Gasteiger charge is 2.33. The highest BCUT2D eigenvalue weighted by atomic mass is 32.1. The smallest absolute Gasteiger partial charge is 0.242 e. The van der Waals surface area contributed by atoms with E-state index in [9.17, 15) is 4.79 Å². The molecule has 0 fully saturated rings. The van der Waals surface area contributed by atoms with Crippen molar-refractivity contribution in [2.24, 2.45) is 5.10 Å². The molecule has 1 aliphatic rings. The first-order valence-electron chi connectivity index (χ1n) is 7.57. The topological polar surface area (TPSA) is 54.8 Å². The van der Waals surface area contributed by atoms with Gasteiger partial charge >= 0.3 is 0 Å². The van der Waals surface area contributed by atoms with Crippen LogP contribution in [0.4, 0.5) is 0 Å². The highest BCUT2D eigenvalue weighted by Crippen LogP contribution is 2.34. The van der Waals surface area contributed by atoms with Crippen LogP contribution in [0.3, 0.4) is 0 Å². The number of hydrogen-bond donors (Lipinski definition) is 0. The highest BCUT2D eigenvalue weighted by molar-refractivity contribution is 7.12. The Kier molecular flexibility index (Phi) is 4.43. The molecule has 1 aliphatic heterocycles. The van der Waals surface area contributed by atoms with Crippen LogP contribution >= 0.6 is 11.3 Å². The van der Waals surface area contributed by atoms with Crippen LogP contribution in [0, 0.1) is 6.92 Å². The Morgan fingerprint density at radius 3 is 2.87 bits per heavy atom. The largest absolute Gasteiger partial charge is 0.481 e. The van der Waals surface area contributed by atoms with Crippen LogP contribution in [0.25, 0.3) is 0 Å². The van der Waals surface area contributed by atoms with Gasteiger partial charge in [-0.15, -0.1) is 11.3 Å². The molecule has 0 saturated heterocycles. The third-order valence-electron chi connectivity index (χ3n) is 3.84. The minimum atomic E-state index is -0.0988. The number of hydrazone groups is 1. The zero-order chi connectivity index (χ0) is 16.4. The van der Waals surface area contributed by atoms with E-state index in [0.717, 1.165) is 16.2 Å². The Bertz CT molecular complexity index is 737. The molecule has 5 nitrogen and oxygen atoms in total. The van der Waals surface area contributed by atoms with Crippen molar-refractivity contribution in [3.8, 4) is 5.88 Å². The van der Waals surface area contributed by atoms with Crippen LogP contribution < -0.4 is 4.74 Å². The van der Waals surface area contributed by atoms with E-state index in [1.807, 2.05) is 19.1 Å². The van der Waals surface area contributed by atoms with Crippen LogP contribution in [0.1, 0.15) is 41.8 Å². The number of aromatic nitrogens is 1. The van der Waals surface area contributed by atoms with Crippen LogP contribution in [-0.2, 0) is 4.79 Å². The van der Waals surface area contributed by atoms with Gasteiger partial charge in [0.15, 0.2) is 0 Å². The molecule has 2 aromatic heterocycles. The summed E-state index contributed by atoms with van der Waals surface area (Å²) >= 11 is 1.67. The number of carbonyl (C=O) groups is 1. The summed E-state index contributed by atoms with van der Waals surface area (Å²) in [6.07, 6.45) is 2.90. The molecule has 1 amide bonds. The third-order valence-corrected chi connectivity index (χ3v) is 4.93. The Labute approximate surface area is 139 Å². The van der Waals surface area contributed by atoms with E-state index in [2.05, 4.69) is 28.5 Å². The Morgan fingerprint density at radius 1 is 1.48 bits per heavy atom. The zero-order valence-corrected chi connectivity index (χ0v) is 14.3. The van der Waals surface area contributed by atoms with Crippen molar-refractivity contribution in [1.82, 2.24) is 9.99 Å². The predicted molar refractivity (Wildman–Crippen MR) is 90.9 cm³/mol. The number of amides is 1. The lowest BCUT2D eigenvalue weighted by Crippen LogP contribution is -2.26. The summed E-state index contributed by atoms with van der Waals surface area (Å²) in [5.74, 6) is 0.587. The molecular weight excluding hydrogens is 310 g/mol. The van der Waals surface area contributed by atoms with Crippen LogP contribution in [-0.4, -0.2) is 28.7 Å². The van der Waals surface area contributed by atoms with Crippen molar-refractivity contribution in [2.75, 3.05) is 7.11 Å². The molecule has 0 aliphatic carbocycles. The zero-order valence-electron chi connectivity index (χ0n) is 13.4. The minimum Gasteiger partial charge on any atom is -0.481 e. The number of hydrogen-bond acceptors (Lipinski definition) is 5. The van der Waals surface area contributed by atoms with Crippen LogP contribution in [0.15, 0.2) is 34.9 Å². The van der Waals surface area contributed by atoms with Gasteiger partial charge in [0.05, 0.1) is 23.7 Å². The number of ether oxygens (including phenoxy) is 1. The Balaban J connectivity index is 1.91. The molecule has 1 unspecified atom stereocenters. The second-order valence-electron chi connectivity index (χ2n) is 5.48. The quantitative estimate of drug-likeness (QED) is 0.862. The van der Waals surface area contributed by atoms with Gasteiger partial charge in [0.2, 0.25) is 11.8 Å². The van der Waals surface area contributed by atoms with Crippen molar-refractivity contribution in [1.29, 1.82) is 0 Å². The van der Waals surface area contributed by atoms with Gasteiger partial charge in [-0.3, -0.25) is 4.79 Å². The van der Waals surface area contributed by atoms with Crippen molar-refractivity contribution in [3.05, 3.63) is 45.8 Å². The van der Waals surface area contributed by atoms with E-state index in [4.69, 9.17) is 4.74 Å². The second-order valence-corrected chi connectivity index (χ2v) is 6.39. The van der Waals surface area contributed by atoms with E-state index >= 15 is 0 Å². The van der Waals surface area contributed by atoms with Crippen molar-refractivity contribution in [2.45, 2.75) is 32.7 Å². The summed E-state index contributed by atoms with van der Waals surface area (Å²) < 4.78 is 5.10. The molecule has 1 atom stereocenters. The molecule has 0 N–H and O–H groups in total. The van der Waals surface area contributed by atoms with Gasteiger partial charge in [-0.05, 0) is 35.6 Å². The first-order chi connectivity index (χ1) is 11.1. The number of carbonyl (C=O) groups excluding carboxylic acids is 1. The number of methoxy groups -OCH3 is 1. The van der Waals surface area contributed by atoms with E-state index in [0.29, 0.717) is 18.7 Å². The molecule has 0 spiro atoms. The number of thiophene rings is 1. The molecule has 23 heavy (non-hydrogen) atoms. The summed E-state index contributed by atoms with van der Waals surface area (Å²) in [5, 5.41) is 8.30. The van der Waals surface area contributed by atoms with Crippen molar-refractivity contribution in [3.63, 3.8) is 0 Å². The lowest BCUT2D eigenvalue weighted by Gasteiger charge is -2.21. The van der Waals surface area contributed by atoms with Gasteiger partial charge in [0.1, 0.15) is 0 Å². The molecule has 0 bridgehead atoms. The van der Waals surface area contributed by atoms with E-state index in [1.165, 1.54) is 5.56 Å². The maximum absolute atomic E-state index is 12.3. The van der Waals surface area contributed by atoms with Gasteiger partial charge in [0.25, 0.3) is 0 Å². The summed E-state index contributed by atoms with van der Waals surface area (Å²) in [6, 6.07) is 5.78. The fourth-order valence-electron chi connectivity index (χ4n) is 2.60. The predicted octanol–water partition coefficient (Wildman–Crippen LogP) is 3.55. The van der Waals surface area contributed by atoms with Gasteiger partial charge in [-0.1, -0.05) is 6.92 Å². The number of nitrogens with zero attached hydrogens (tertiary/aromatic N) is 3. The standard InChI is InChI=1S/C17H19N3O2S/c1-4-17(21)20-14(12-5-6-16(22-3)18-9-12)8-13(19-20)15-7-11(2)10-23-15/h5-7,9-10,14H,4,8H2,1-3H3. The van der Waals surface area contributed by atoms with Gasteiger partial charge in [0, 0.05) is 25.1 Å². The molecular formula is C17H19N3O2S. The summed E-state index contributed by atoms with van der Waals surface area (Å²) in [5.41, 5.74) is 3.15. The molecule has 0 aromatic carbocycles. The van der Waals surface area contributed by atoms with Crippen molar-refractivity contribution < 1.29 is 9.53 Å². The van der Waals surface area contributed by atoms with E-state index in [1.54, 1.807) is 29.7 Å². The van der Waals surface area contributed by atoms with Gasteiger partial charge < -0.3 is 4.74 Å². The number of rotatable bonds is 4. The molecule has 6 heteroatoms. The molecule has 2 aromatic rings. The van der Waals surface area contributed by atoms with E-state index < -0.39 is 0 Å². The molecule has 0 radical (unpaired) electrons. The third kappa shape index (κ3) is 3.12. The fourth-order valence-corrected chi connectivity index (χ4v) is 3.50. The Hall–Kier alpha value is -2.21. The molecule has 0 saturated carbocycles. The lowest BCUT2D eigenvalue weighted by molar-refractivity contribution is -0.132. The normalized spacial score (nSPS) is 17.3. The SMILES string of the molecule is CCC(=O)N1N=C(c2cc(C)cs2)CC1c1ccc(OC)nc1. The molecule has 3 heterocycles. The van der Waals surface area contributed by atoms with Crippen LogP contribution in [0.2, 0.25) is 0 Å². The minimum absolute atomic E-state index is 0.0223. The monoisotopic (exact) mass is 329 g/mol. The number of pyridine rings is 1. The summed E-state index contributed by atoms with van der Waals surface area (Å²) in [6.45, 7) is 3.92. The first-order valence-corrected chi connectivity index (χ1v) is 8.45. The van der Waals surface area contributed by atoms with E-state index in [-0.39, 0.29) is 11.9 Å². The summed E-state index contributed by atoms with van der Waals surface area (Å²) in [4.78, 5) is 17.7. The molecule has 3 rings (SSSR count). The Morgan fingerprint density at radius 2 is 2.30 bits per heavy atom. The maximum Gasteiger partial charge on any atom is 0.242 e. The lowest BCUT2D eigenvalue weighted by atomic mass is 10.0. The van der Waals surface area contributed by atoms with Crippen molar-refractivity contribution >= 4 is 23.0 Å². The average molecular weight is 329 g/mol. The second kappa shape index (κ2) is 6.50. The van der Waals surface area contributed by atoms with Gasteiger partial charge in [-0.25, -0.2) is 9.99 Å². The van der Waals surface area contributed by atoms with Crippen LogP contribution in [0.5, 0.6) is 5.88 Å². The molecule has 120 valence electrons. The summed E-state index contributed by atoms with van der Waals surface area (Å²) in [7, 11) is 1.59.